The number of aryl methyl sites for hydroxylation is 1. The fourth-order valence-corrected chi connectivity index (χ4v) is 3.73. The van der Waals surface area contributed by atoms with Crippen molar-refractivity contribution >= 4 is 28.9 Å². The Bertz CT molecular complexity index is 1560. The van der Waals surface area contributed by atoms with E-state index in [0.29, 0.717) is 34.1 Å². The molecular formula is C23H22FN9O3. The number of hydrogen-bond acceptors (Lipinski definition) is 10. The van der Waals surface area contributed by atoms with Gasteiger partial charge in [-0.1, -0.05) is 0 Å². The maximum absolute atomic E-state index is 14.3. The van der Waals surface area contributed by atoms with Gasteiger partial charge in [-0.2, -0.15) is 5.10 Å². The van der Waals surface area contributed by atoms with Crippen LogP contribution in [-0.4, -0.2) is 49.9 Å². The third-order valence-corrected chi connectivity index (χ3v) is 5.20. The normalized spacial score (nSPS) is 14.2. The van der Waals surface area contributed by atoms with Gasteiger partial charge in [0, 0.05) is 30.3 Å². The molecule has 0 atom stereocenters. The van der Waals surface area contributed by atoms with Gasteiger partial charge < -0.3 is 25.4 Å². The van der Waals surface area contributed by atoms with Gasteiger partial charge in [0.25, 0.3) is 5.91 Å². The van der Waals surface area contributed by atoms with Gasteiger partial charge in [0.1, 0.15) is 18.0 Å². The Kier molecular flexibility index (Phi) is 5.20. The number of carbonyl (C=O) groups is 1. The minimum absolute atomic E-state index is 0.0174. The quantitative estimate of drug-likeness (QED) is 0.389. The van der Waals surface area contributed by atoms with Gasteiger partial charge in [-0.05, 0) is 23.8 Å². The molecule has 0 spiro atoms. The fourth-order valence-electron chi connectivity index (χ4n) is 3.73. The minimum atomic E-state index is -2.77. The van der Waals surface area contributed by atoms with Crippen LogP contribution < -0.4 is 20.7 Å². The average Bonchev–Trinajstić information content (AvgIpc) is 3.28. The molecule has 184 valence electrons. The first-order chi connectivity index (χ1) is 18.6. The molecule has 0 unspecified atom stereocenters. The summed E-state index contributed by atoms with van der Waals surface area (Å²) in [6, 6.07) is 7.34. The van der Waals surface area contributed by atoms with E-state index in [2.05, 4.69) is 35.9 Å². The van der Waals surface area contributed by atoms with Crippen molar-refractivity contribution in [2.24, 2.45) is 7.05 Å². The number of nitrogens with one attached hydrogen (secondary N) is 3. The smallest absolute Gasteiger partial charge is 0.273 e. The predicted molar refractivity (Wildman–Crippen MR) is 128 cm³/mol. The van der Waals surface area contributed by atoms with Crippen LogP contribution in [0.2, 0.25) is 0 Å². The number of nitrogens with zero attached hydrogens (tertiary/aromatic N) is 6. The van der Waals surface area contributed by atoms with Crippen molar-refractivity contribution in [3.8, 4) is 17.1 Å². The SMILES string of the molecule is [2H]C([2H])([2H])NC(=O)c1nnc2cc1Nc1cc(cc(-c3ncn(C)n3)c1OC)COCc1cc(F)cc(n1)N2. The van der Waals surface area contributed by atoms with Crippen molar-refractivity contribution in [1.82, 2.24) is 35.3 Å². The lowest BCUT2D eigenvalue weighted by Gasteiger charge is -2.18. The second kappa shape index (κ2) is 9.54. The van der Waals surface area contributed by atoms with Crippen LogP contribution in [0.1, 0.15) is 25.9 Å². The molecule has 36 heavy (non-hydrogen) atoms. The number of halogens is 1. The van der Waals surface area contributed by atoms with Crippen molar-refractivity contribution in [2.45, 2.75) is 13.2 Å². The number of rotatable bonds is 3. The Labute approximate surface area is 209 Å². The van der Waals surface area contributed by atoms with Crippen molar-refractivity contribution in [2.75, 3.05) is 24.7 Å². The van der Waals surface area contributed by atoms with Crippen LogP contribution >= 0.6 is 0 Å². The Hall–Kier alpha value is -4.65. The number of hydrogen-bond donors (Lipinski definition) is 3. The second-order valence-electron chi connectivity index (χ2n) is 7.82. The Morgan fingerprint density at radius 2 is 2.06 bits per heavy atom. The van der Waals surface area contributed by atoms with E-state index in [4.69, 9.17) is 13.6 Å². The lowest BCUT2D eigenvalue weighted by molar-refractivity contribution is 0.0958. The lowest BCUT2D eigenvalue weighted by Crippen LogP contribution is -2.21. The molecule has 1 aromatic carbocycles. The van der Waals surface area contributed by atoms with Gasteiger partial charge in [-0.25, -0.2) is 14.4 Å². The van der Waals surface area contributed by atoms with Crippen molar-refractivity contribution in [3.63, 3.8) is 0 Å². The summed E-state index contributed by atoms with van der Waals surface area (Å²) < 4.78 is 49.6. The number of fused-ring (bicyclic) bond motifs is 6. The highest BCUT2D eigenvalue weighted by molar-refractivity contribution is 5.99. The molecule has 0 fully saturated rings. The number of anilines is 4. The highest BCUT2D eigenvalue weighted by atomic mass is 19.1. The van der Waals surface area contributed by atoms with E-state index in [-0.39, 0.29) is 36.2 Å². The number of amides is 1. The molecule has 5 rings (SSSR count). The zero-order valence-electron chi connectivity index (χ0n) is 22.2. The largest absolute Gasteiger partial charge is 0.494 e. The zero-order chi connectivity index (χ0) is 27.7. The minimum Gasteiger partial charge on any atom is -0.494 e. The molecule has 6 bridgehead atoms. The van der Waals surface area contributed by atoms with Gasteiger partial charge in [0.2, 0.25) is 0 Å². The Morgan fingerprint density at radius 3 is 2.83 bits per heavy atom. The summed E-state index contributed by atoms with van der Waals surface area (Å²) in [5.41, 5.74) is 1.69. The van der Waals surface area contributed by atoms with Crippen LogP contribution in [-0.2, 0) is 25.0 Å². The first kappa shape index (κ1) is 19.6. The van der Waals surface area contributed by atoms with E-state index >= 15 is 0 Å². The average molecular weight is 495 g/mol. The van der Waals surface area contributed by atoms with E-state index in [0.717, 1.165) is 6.07 Å². The molecular weight excluding hydrogens is 469 g/mol. The van der Waals surface area contributed by atoms with Crippen molar-refractivity contribution < 1.29 is 22.8 Å². The standard InChI is InChI=1S/C23H22FN9O3/c1-25-23(34)20-16-8-19(30-31-20)29-18-7-13(24)6-14(27-18)10-36-9-12-4-15(22-26-11-33(2)32-22)21(35-3)17(5-12)28-16/h4-8,11,28H,9-10H2,1-3H3,(H,25,34)(H,27,29,30)/i1D3. The molecule has 4 heterocycles. The van der Waals surface area contributed by atoms with Gasteiger partial charge in [-0.3, -0.25) is 9.48 Å². The maximum atomic E-state index is 14.3. The number of methoxy groups -OCH3 is 1. The summed E-state index contributed by atoms with van der Waals surface area (Å²) in [5.74, 6) is -0.592. The first-order valence-electron chi connectivity index (χ1n) is 12.1. The molecule has 0 saturated heterocycles. The summed E-state index contributed by atoms with van der Waals surface area (Å²) in [5, 5.41) is 20.1. The number of carbonyl (C=O) groups excluding carboxylic acids is 1. The van der Waals surface area contributed by atoms with Gasteiger partial charge in [-0.15, -0.1) is 10.2 Å². The molecule has 0 radical (unpaired) electrons. The Morgan fingerprint density at radius 1 is 1.17 bits per heavy atom. The summed E-state index contributed by atoms with van der Waals surface area (Å²) in [6.45, 7) is -2.64. The highest BCUT2D eigenvalue weighted by Crippen LogP contribution is 2.39. The Balaban J connectivity index is 1.68. The first-order valence-corrected chi connectivity index (χ1v) is 10.6. The molecule has 3 aromatic heterocycles. The van der Waals surface area contributed by atoms with Crippen molar-refractivity contribution in [3.05, 3.63) is 59.4 Å². The van der Waals surface area contributed by atoms with Crippen LogP contribution in [0.15, 0.2) is 36.7 Å². The molecule has 1 aliphatic heterocycles. The fraction of sp³-hybridized carbons (Fsp3) is 0.217. The van der Waals surface area contributed by atoms with Gasteiger partial charge >= 0.3 is 0 Å². The zero-order valence-corrected chi connectivity index (χ0v) is 19.2. The molecule has 1 aliphatic rings. The third kappa shape index (κ3) is 4.63. The van der Waals surface area contributed by atoms with Crippen LogP contribution in [0, 0.1) is 5.82 Å². The van der Waals surface area contributed by atoms with E-state index in [1.807, 2.05) is 5.32 Å². The van der Waals surface area contributed by atoms with Crippen LogP contribution in [0.4, 0.5) is 27.4 Å². The predicted octanol–water partition coefficient (Wildman–Crippen LogP) is 2.69. The molecule has 4 aromatic rings. The highest BCUT2D eigenvalue weighted by Gasteiger charge is 2.21. The molecule has 1 amide bonds. The van der Waals surface area contributed by atoms with E-state index < -0.39 is 18.7 Å². The molecule has 3 N–H and O–H groups in total. The van der Waals surface area contributed by atoms with Crippen LogP contribution in [0.5, 0.6) is 5.75 Å². The van der Waals surface area contributed by atoms with Crippen LogP contribution in [0.25, 0.3) is 11.4 Å². The van der Waals surface area contributed by atoms with E-state index in [1.165, 1.54) is 30.3 Å². The monoisotopic (exact) mass is 494 g/mol. The van der Waals surface area contributed by atoms with Crippen LogP contribution in [0.3, 0.4) is 0 Å². The lowest BCUT2D eigenvalue weighted by atomic mass is 10.1. The number of ether oxygens (including phenoxy) is 2. The van der Waals surface area contributed by atoms with E-state index in [1.54, 1.807) is 19.2 Å². The molecule has 12 nitrogen and oxygen atoms in total. The summed E-state index contributed by atoms with van der Waals surface area (Å²) >= 11 is 0. The molecule has 0 saturated carbocycles. The topological polar surface area (TPSA) is 141 Å². The molecule has 13 heteroatoms. The second-order valence-corrected chi connectivity index (χ2v) is 7.82. The summed E-state index contributed by atoms with van der Waals surface area (Å²) in [4.78, 5) is 21.5. The van der Waals surface area contributed by atoms with E-state index in [9.17, 15) is 9.18 Å². The molecule has 0 aliphatic carbocycles. The van der Waals surface area contributed by atoms with Crippen molar-refractivity contribution in [1.29, 1.82) is 0 Å². The van der Waals surface area contributed by atoms with Gasteiger partial charge in [0.05, 0.1) is 43.0 Å². The summed E-state index contributed by atoms with van der Waals surface area (Å²) in [7, 11) is 3.19. The number of benzene rings is 1. The third-order valence-electron chi connectivity index (χ3n) is 5.20. The summed E-state index contributed by atoms with van der Waals surface area (Å²) in [6.07, 6.45) is 1.53. The maximum Gasteiger partial charge on any atom is 0.273 e. The number of aromatic nitrogens is 6. The number of pyridine rings is 1. The van der Waals surface area contributed by atoms with Gasteiger partial charge in [0.15, 0.2) is 23.1 Å².